The minimum absolute atomic E-state index is 0.0180. The van der Waals surface area contributed by atoms with Gasteiger partial charge in [0.15, 0.2) is 0 Å². The number of halogens is 1. The summed E-state index contributed by atoms with van der Waals surface area (Å²) >= 11 is 6.21. The van der Waals surface area contributed by atoms with E-state index in [4.69, 9.17) is 35.1 Å². The van der Waals surface area contributed by atoms with E-state index in [9.17, 15) is 24.2 Å². The van der Waals surface area contributed by atoms with E-state index in [0.717, 1.165) is 52.5 Å². The van der Waals surface area contributed by atoms with Gasteiger partial charge >= 0.3 is 13.5 Å². The van der Waals surface area contributed by atoms with Gasteiger partial charge in [0.1, 0.15) is 18.1 Å². The Balaban J connectivity index is 1.04. The first-order chi connectivity index (χ1) is 21.5. The summed E-state index contributed by atoms with van der Waals surface area (Å²) in [4.78, 5) is 40.8. The highest BCUT2D eigenvalue weighted by Gasteiger charge is 2.37. The second-order valence-electron chi connectivity index (χ2n) is 10.9. The lowest BCUT2D eigenvalue weighted by Gasteiger charge is -2.18. The van der Waals surface area contributed by atoms with Crippen molar-refractivity contribution in [2.24, 2.45) is 0 Å². The Hall–Kier alpha value is -3.29. The summed E-state index contributed by atoms with van der Waals surface area (Å²) < 4.78 is 34.8. The number of aromatic nitrogens is 3. The van der Waals surface area contributed by atoms with Crippen LogP contribution in [0.5, 0.6) is 5.75 Å². The third-order valence-corrected chi connectivity index (χ3v) is 8.85. The minimum atomic E-state index is -4.39. The molecule has 1 unspecified atom stereocenters. The van der Waals surface area contributed by atoms with Crippen molar-refractivity contribution in [1.82, 2.24) is 14.5 Å². The number of aliphatic hydroxyl groups excluding tert-OH is 1. The Morgan fingerprint density at radius 1 is 1.11 bits per heavy atom. The van der Waals surface area contributed by atoms with Crippen LogP contribution in [0.1, 0.15) is 43.9 Å². The van der Waals surface area contributed by atoms with Crippen molar-refractivity contribution in [2.75, 3.05) is 32.2 Å². The predicted octanol–water partition coefficient (Wildman–Crippen LogP) is 4.66. The molecule has 0 amide bonds. The van der Waals surface area contributed by atoms with Crippen LogP contribution in [0.4, 0.5) is 5.69 Å². The van der Waals surface area contributed by atoms with Gasteiger partial charge in [-0.2, -0.15) is 0 Å². The van der Waals surface area contributed by atoms with Crippen LogP contribution in [0.15, 0.2) is 52.2 Å². The molecule has 4 N–H and O–H groups in total. The van der Waals surface area contributed by atoms with E-state index >= 15 is 0 Å². The molecule has 13 nitrogen and oxygen atoms in total. The number of ether oxygens (including phenoxy) is 2. The molecule has 15 heteroatoms. The zero-order chi connectivity index (χ0) is 32.1. The number of hydrogen-bond acceptors (Lipinski definition) is 10. The number of nitrogens with zero attached hydrogens (tertiary/aromatic N) is 2. The zero-order valence-corrected chi connectivity index (χ0v) is 26.6. The lowest BCUT2D eigenvalue weighted by molar-refractivity contribution is -0.0465. The van der Waals surface area contributed by atoms with E-state index in [1.807, 2.05) is 36.4 Å². The number of rotatable bonds is 14. The molecule has 5 rings (SSSR count). The molecular formula is C30H36ClN4O9P. The molecule has 242 valence electrons. The van der Waals surface area contributed by atoms with Gasteiger partial charge in [-0.05, 0) is 56.2 Å². The molecule has 1 saturated heterocycles. The Morgan fingerprint density at radius 3 is 2.71 bits per heavy atom. The third-order valence-electron chi connectivity index (χ3n) is 7.63. The summed E-state index contributed by atoms with van der Waals surface area (Å²) in [5.74, 6) is 0.736. The van der Waals surface area contributed by atoms with Gasteiger partial charge in [0.2, 0.25) is 0 Å². The van der Waals surface area contributed by atoms with Crippen LogP contribution in [0, 0.1) is 6.92 Å². The van der Waals surface area contributed by atoms with Crippen molar-refractivity contribution in [1.29, 1.82) is 0 Å². The molecule has 45 heavy (non-hydrogen) atoms. The average molecular weight is 663 g/mol. The molecule has 0 bridgehead atoms. The Labute approximate surface area is 263 Å². The van der Waals surface area contributed by atoms with Crippen molar-refractivity contribution in [3.05, 3.63) is 74.0 Å². The van der Waals surface area contributed by atoms with Crippen molar-refractivity contribution in [3.8, 4) is 5.75 Å². The summed E-state index contributed by atoms with van der Waals surface area (Å²) in [5, 5.41) is 16.4. The fourth-order valence-corrected chi connectivity index (χ4v) is 6.16. The number of aryl methyl sites for hydroxylation is 1. The molecule has 1 fully saturated rings. The smallest absolute Gasteiger partial charge is 0.472 e. The van der Waals surface area contributed by atoms with Gasteiger partial charge in [0.05, 0.1) is 43.1 Å². The number of aromatic amines is 1. The van der Waals surface area contributed by atoms with Crippen LogP contribution >= 0.6 is 19.4 Å². The Kier molecular flexibility index (Phi) is 10.6. The number of benzene rings is 2. The predicted molar refractivity (Wildman–Crippen MR) is 170 cm³/mol. The van der Waals surface area contributed by atoms with Gasteiger partial charge in [-0.3, -0.25) is 23.4 Å². The lowest BCUT2D eigenvalue weighted by Crippen LogP contribution is -2.33. The molecule has 2 aromatic carbocycles. The fourth-order valence-electron chi connectivity index (χ4n) is 5.23. The second kappa shape index (κ2) is 14.4. The number of nitrogens with one attached hydrogen (secondary N) is 2. The van der Waals surface area contributed by atoms with Crippen LogP contribution in [-0.4, -0.2) is 63.6 Å². The van der Waals surface area contributed by atoms with Crippen LogP contribution in [0.3, 0.4) is 0 Å². The van der Waals surface area contributed by atoms with Crippen LogP contribution in [0.2, 0.25) is 5.02 Å². The first kappa shape index (κ1) is 33.1. The molecule has 4 aromatic rings. The van der Waals surface area contributed by atoms with Crippen molar-refractivity contribution in [3.63, 3.8) is 0 Å². The topological polar surface area (TPSA) is 174 Å². The first-order valence-electron chi connectivity index (χ1n) is 14.6. The quantitative estimate of drug-likeness (QED) is 0.0840. The molecule has 0 aliphatic carbocycles. The van der Waals surface area contributed by atoms with Gasteiger partial charge in [0.25, 0.3) is 5.56 Å². The van der Waals surface area contributed by atoms with Gasteiger partial charge < -0.3 is 24.8 Å². The monoisotopic (exact) mass is 662 g/mol. The number of aliphatic hydroxyl groups is 1. The van der Waals surface area contributed by atoms with E-state index in [1.165, 1.54) is 17.7 Å². The van der Waals surface area contributed by atoms with Crippen LogP contribution in [0.25, 0.3) is 21.8 Å². The molecule has 4 atom stereocenters. The summed E-state index contributed by atoms with van der Waals surface area (Å²) in [6.45, 7) is 1.85. The van der Waals surface area contributed by atoms with Crippen molar-refractivity contribution in [2.45, 2.75) is 57.5 Å². The molecule has 1 aliphatic heterocycles. The zero-order valence-electron chi connectivity index (χ0n) is 24.9. The number of H-pyrrole nitrogens is 1. The first-order valence-corrected chi connectivity index (χ1v) is 16.5. The average Bonchev–Trinajstić information content (AvgIpc) is 3.38. The minimum Gasteiger partial charge on any atom is -0.497 e. The molecule has 3 heterocycles. The van der Waals surface area contributed by atoms with E-state index < -0.39 is 44.1 Å². The largest absolute Gasteiger partial charge is 0.497 e. The molecular weight excluding hydrogens is 627 g/mol. The van der Waals surface area contributed by atoms with Crippen LogP contribution in [-0.2, 0) is 18.3 Å². The number of pyridine rings is 1. The normalized spacial score (nSPS) is 19.6. The van der Waals surface area contributed by atoms with E-state index in [-0.39, 0.29) is 13.0 Å². The number of methoxy groups -OCH3 is 1. The van der Waals surface area contributed by atoms with Gasteiger partial charge in [0, 0.05) is 40.5 Å². The maximum Gasteiger partial charge on any atom is 0.472 e. The summed E-state index contributed by atoms with van der Waals surface area (Å²) in [6, 6.07) is 11.4. The summed E-state index contributed by atoms with van der Waals surface area (Å²) in [6.07, 6.45) is 1.54. The number of unbranched alkanes of at least 4 members (excludes halogenated alkanes) is 3. The molecule has 0 radical (unpaired) electrons. The maximum atomic E-state index is 12.4. The number of phosphoric ester groups is 1. The molecule has 1 aliphatic rings. The number of hydrogen-bond donors (Lipinski definition) is 4. The van der Waals surface area contributed by atoms with E-state index in [1.54, 1.807) is 7.11 Å². The van der Waals surface area contributed by atoms with Gasteiger partial charge in [-0.25, -0.2) is 14.3 Å². The summed E-state index contributed by atoms with van der Waals surface area (Å²) in [7, 11) is -2.77. The molecule has 2 aromatic heterocycles. The third kappa shape index (κ3) is 8.11. The van der Waals surface area contributed by atoms with Crippen molar-refractivity contribution >= 4 is 46.9 Å². The SMILES string of the molecule is COc1ccc2nc3cc(Cl)ccc3c(NCCCCCCOP(=O)(O)OC[C@H]3O[C@@H](n4cc(C)c(=O)[nH]c4=O)C[C@@H]3O)c2c1. The van der Waals surface area contributed by atoms with Crippen molar-refractivity contribution < 1.29 is 33.1 Å². The number of anilines is 1. The Morgan fingerprint density at radius 2 is 1.91 bits per heavy atom. The highest BCUT2D eigenvalue weighted by atomic mass is 35.5. The van der Waals surface area contributed by atoms with Gasteiger partial charge in [-0.15, -0.1) is 0 Å². The Bertz CT molecular complexity index is 1830. The standard InChI is InChI=1S/C30H36ClN4O9P/c1-18-16-35(30(38)34-29(18)37)27-15-25(36)26(44-27)17-43-45(39,40)42-12-6-4-3-5-11-32-28-21-9-7-19(31)13-24(21)33-23-10-8-20(41-2)14-22(23)28/h7-10,13-14,16,25-27,36H,3-6,11-12,15,17H2,1-2H3,(H,32,33)(H,39,40)(H,34,37,38)/t25-,26+,27+/m0/s1. The molecule has 0 saturated carbocycles. The van der Waals surface area contributed by atoms with Crippen LogP contribution < -0.4 is 21.3 Å². The van der Waals surface area contributed by atoms with Gasteiger partial charge in [-0.1, -0.05) is 24.4 Å². The van der Waals surface area contributed by atoms with E-state index in [0.29, 0.717) is 23.6 Å². The number of phosphoric acid groups is 1. The maximum absolute atomic E-state index is 12.4. The summed E-state index contributed by atoms with van der Waals surface area (Å²) in [5.41, 5.74) is 1.69. The second-order valence-corrected chi connectivity index (χ2v) is 12.8. The lowest BCUT2D eigenvalue weighted by atomic mass is 10.1. The number of fused-ring (bicyclic) bond motifs is 2. The molecule has 0 spiro atoms. The van der Waals surface area contributed by atoms with E-state index in [2.05, 4.69) is 10.3 Å². The highest BCUT2D eigenvalue weighted by molar-refractivity contribution is 7.47. The highest BCUT2D eigenvalue weighted by Crippen LogP contribution is 2.44. The fraction of sp³-hybridized carbons (Fsp3) is 0.433.